The highest BCUT2D eigenvalue weighted by Crippen LogP contribution is 2.20. The Bertz CT molecular complexity index is 305. The molecule has 5 nitrogen and oxygen atoms in total. The summed E-state index contributed by atoms with van der Waals surface area (Å²) in [4.78, 5) is 27.7. The molecule has 1 rings (SSSR count). The molecule has 0 aliphatic carbocycles. The van der Waals surface area contributed by atoms with Crippen LogP contribution in [0, 0.1) is 0 Å². The molecule has 2 amide bonds. The lowest BCUT2D eigenvalue weighted by atomic mass is 9.99. The number of hydrogen-bond acceptors (Lipinski definition) is 3. The molecule has 1 saturated heterocycles. The minimum absolute atomic E-state index is 0.00999. The van der Waals surface area contributed by atoms with Crippen molar-refractivity contribution in [3.05, 3.63) is 0 Å². The quantitative estimate of drug-likeness (QED) is 0.727. The summed E-state index contributed by atoms with van der Waals surface area (Å²) < 4.78 is 0. The fourth-order valence-corrected chi connectivity index (χ4v) is 2.47. The zero-order valence-electron chi connectivity index (χ0n) is 12.4. The first kappa shape index (κ1) is 16.0. The van der Waals surface area contributed by atoms with E-state index in [1.54, 1.807) is 0 Å². The molecule has 1 unspecified atom stereocenters. The second kappa shape index (κ2) is 8.15. The predicted octanol–water partition coefficient (Wildman–Crippen LogP) is 0.845. The van der Waals surface area contributed by atoms with Crippen LogP contribution in [-0.4, -0.2) is 61.4 Å². The second-order valence-corrected chi connectivity index (χ2v) is 5.47. The first-order chi connectivity index (χ1) is 9.04. The molecule has 0 aromatic heterocycles. The van der Waals surface area contributed by atoms with Gasteiger partial charge in [-0.05, 0) is 39.8 Å². The van der Waals surface area contributed by atoms with Crippen molar-refractivity contribution in [2.45, 2.75) is 45.1 Å². The van der Waals surface area contributed by atoms with E-state index >= 15 is 0 Å². The first-order valence-electron chi connectivity index (χ1n) is 7.25. The monoisotopic (exact) mass is 269 g/mol. The molecule has 1 N–H and O–H groups in total. The molecule has 0 saturated carbocycles. The van der Waals surface area contributed by atoms with Gasteiger partial charge in [0.1, 0.15) is 6.42 Å². The van der Waals surface area contributed by atoms with Crippen LogP contribution in [0.3, 0.4) is 0 Å². The van der Waals surface area contributed by atoms with E-state index in [1.165, 1.54) is 6.42 Å². The number of nitrogens with zero attached hydrogens (tertiary/aromatic N) is 2. The highest BCUT2D eigenvalue weighted by atomic mass is 16.2. The maximum absolute atomic E-state index is 12.1. The van der Waals surface area contributed by atoms with Gasteiger partial charge in [0.25, 0.3) is 0 Å². The summed E-state index contributed by atoms with van der Waals surface area (Å²) in [7, 11) is 3.91. The van der Waals surface area contributed by atoms with Gasteiger partial charge in [-0.1, -0.05) is 6.92 Å². The molecule has 1 fully saturated rings. The molecule has 0 bridgehead atoms. The summed E-state index contributed by atoms with van der Waals surface area (Å²) in [6.45, 7) is 4.30. The van der Waals surface area contributed by atoms with Gasteiger partial charge in [-0.3, -0.25) is 9.59 Å². The lowest BCUT2D eigenvalue weighted by Gasteiger charge is -2.35. The highest BCUT2D eigenvalue weighted by Gasteiger charge is 2.26. The van der Waals surface area contributed by atoms with Crippen molar-refractivity contribution in [2.24, 2.45) is 0 Å². The third-order valence-corrected chi connectivity index (χ3v) is 3.61. The lowest BCUT2D eigenvalue weighted by molar-refractivity contribution is -0.139. The number of likely N-dealkylation sites (N-methyl/N-ethyl adjacent to an activating group) is 1. The van der Waals surface area contributed by atoms with Crippen molar-refractivity contribution in [3.63, 3.8) is 0 Å². The van der Waals surface area contributed by atoms with Crippen LogP contribution < -0.4 is 5.32 Å². The minimum atomic E-state index is -0.160. The number of carbonyl (C=O) groups excluding carboxylic acids is 2. The summed E-state index contributed by atoms with van der Waals surface area (Å²) in [6.07, 6.45) is 4.30. The lowest BCUT2D eigenvalue weighted by Crippen LogP contribution is -2.45. The van der Waals surface area contributed by atoms with Gasteiger partial charge < -0.3 is 15.1 Å². The Morgan fingerprint density at radius 1 is 1.32 bits per heavy atom. The molecule has 0 spiro atoms. The summed E-state index contributed by atoms with van der Waals surface area (Å²) in [5, 5.41) is 2.79. The summed E-state index contributed by atoms with van der Waals surface area (Å²) in [5.74, 6) is -0.179. The van der Waals surface area contributed by atoms with Crippen molar-refractivity contribution in [3.8, 4) is 0 Å². The molecule has 0 aromatic rings. The molecule has 1 aliphatic heterocycles. The zero-order valence-corrected chi connectivity index (χ0v) is 12.4. The fraction of sp³-hybridized carbons (Fsp3) is 0.857. The van der Waals surface area contributed by atoms with Crippen molar-refractivity contribution >= 4 is 11.8 Å². The van der Waals surface area contributed by atoms with Crippen LogP contribution in [-0.2, 0) is 9.59 Å². The Hall–Kier alpha value is -1.10. The minimum Gasteiger partial charge on any atom is -0.354 e. The van der Waals surface area contributed by atoms with E-state index in [0.717, 1.165) is 32.4 Å². The largest absolute Gasteiger partial charge is 0.354 e. The van der Waals surface area contributed by atoms with Gasteiger partial charge in [0.2, 0.25) is 11.8 Å². The average molecular weight is 269 g/mol. The SMILES string of the molecule is CCC1CCCCN1C(=O)CC(=O)NCCN(C)C. The number of hydrogen-bond donors (Lipinski definition) is 1. The van der Waals surface area contributed by atoms with Crippen molar-refractivity contribution in [2.75, 3.05) is 33.7 Å². The smallest absolute Gasteiger partial charge is 0.232 e. The van der Waals surface area contributed by atoms with E-state index in [2.05, 4.69) is 12.2 Å². The topological polar surface area (TPSA) is 52.7 Å². The molecule has 0 aromatic carbocycles. The first-order valence-corrected chi connectivity index (χ1v) is 7.25. The van der Waals surface area contributed by atoms with Crippen LogP contribution in [0.25, 0.3) is 0 Å². The average Bonchev–Trinajstić information content (AvgIpc) is 2.38. The van der Waals surface area contributed by atoms with E-state index in [9.17, 15) is 9.59 Å². The van der Waals surface area contributed by atoms with E-state index in [4.69, 9.17) is 0 Å². The number of piperidine rings is 1. The predicted molar refractivity (Wildman–Crippen MR) is 75.8 cm³/mol. The maximum atomic E-state index is 12.1. The number of carbonyl (C=O) groups is 2. The van der Waals surface area contributed by atoms with Gasteiger partial charge in [0.05, 0.1) is 0 Å². The molecule has 5 heteroatoms. The van der Waals surface area contributed by atoms with Gasteiger partial charge in [-0.15, -0.1) is 0 Å². The van der Waals surface area contributed by atoms with Gasteiger partial charge in [0.15, 0.2) is 0 Å². The molecular weight excluding hydrogens is 242 g/mol. The van der Waals surface area contributed by atoms with Gasteiger partial charge in [-0.25, -0.2) is 0 Å². The van der Waals surface area contributed by atoms with Gasteiger partial charge in [-0.2, -0.15) is 0 Å². The number of amides is 2. The van der Waals surface area contributed by atoms with E-state index in [-0.39, 0.29) is 18.2 Å². The van der Waals surface area contributed by atoms with E-state index in [1.807, 2.05) is 23.9 Å². The van der Waals surface area contributed by atoms with Gasteiger partial charge >= 0.3 is 0 Å². The van der Waals surface area contributed by atoms with Crippen LogP contribution >= 0.6 is 0 Å². The van der Waals surface area contributed by atoms with Crippen LogP contribution in [0.15, 0.2) is 0 Å². The Balaban J connectivity index is 2.34. The molecule has 19 heavy (non-hydrogen) atoms. The molecular formula is C14H27N3O2. The number of nitrogens with one attached hydrogen (secondary N) is 1. The van der Waals surface area contributed by atoms with Crippen molar-refractivity contribution < 1.29 is 9.59 Å². The van der Waals surface area contributed by atoms with Crippen molar-refractivity contribution in [1.29, 1.82) is 0 Å². The summed E-state index contributed by atoms with van der Waals surface area (Å²) in [6, 6.07) is 0.329. The molecule has 0 radical (unpaired) electrons. The van der Waals surface area contributed by atoms with Crippen LogP contribution in [0.5, 0.6) is 0 Å². The Morgan fingerprint density at radius 2 is 2.05 bits per heavy atom. The molecule has 1 aliphatic rings. The van der Waals surface area contributed by atoms with Crippen LogP contribution in [0.1, 0.15) is 39.0 Å². The Labute approximate surface area is 116 Å². The fourth-order valence-electron chi connectivity index (χ4n) is 2.47. The highest BCUT2D eigenvalue weighted by molar-refractivity contribution is 5.97. The van der Waals surface area contributed by atoms with Crippen LogP contribution in [0.4, 0.5) is 0 Å². The number of rotatable bonds is 6. The third kappa shape index (κ3) is 5.59. The van der Waals surface area contributed by atoms with E-state index < -0.39 is 0 Å². The summed E-state index contributed by atoms with van der Waals surface area (Å²) in [5.41, 5.74) is 0. The summed E-state index contributed by atoms with van der Waals surface area (Å²) >= 11 is 0. The van der Waals surface area contributed by atoms with E-state index in [0.29, 0.717) is 12.6 Å². The van der Waals surface area contributed by atoms with Gasteiger partial charge in [0, 0.05) is 25.7 Å². The molecule has 1 atom stereocenters. The molecule has 1 heterocycles. The van der Waals surface area contributed by atoms with Crippen LogP contribution in [0.2, 0.25) is 0 Å². The maximum Gasteiger partial charge on any atom is 0.232 e. The Morgan fingerprint density at radius 3 is 2.68 bits per heavy atom. The third-order valence-electron chi connectivity index (χ3n) is 3.61. The normalized spacial score (nSPS) is 19.6. The second-order valence-electron chi connectivity index (χ2n) is 5.47. The van der Waals surface area contributed by atoms with Crippen molar-refractivity contribution in [1.82, 2.24) is 15.1 Å². The zero-order chi connectivity index (χ0) is 14.3. The molecule has 110 valence electrons. The number of likely N-dealkylation sites (tertiary alicyclic amines) is 1. The standard InChI is InChI=1S/C14H27N3O2/c1-4-12-7-5-6-9-17(12)14(19)11-13(18)15-8-10-16(2)3/h12H,4-11H2,1-3H3,(H,15,18). The Kier molecular flexibility index (Phi) is 6.84.